The lowest BCUT2D eigenvalue weighted by Gasteiger charge is -2.37. The summed E-state index contributed by atoms with van der Waals surface area (Å²) in [5.74, 6) is 0.855. The highest BCUT2D eigenvalue weighted by atomic mass is 16.6. The van der Waals surface area contributed by atoms with Crippen molar-refractivity contribution >= 4 is 0 Å². The Bertz CT molecular complexity index is 190. The van der Waals surface area contributed by atoms with Crippen molar-refractivity contribution in [3.8, 4) is 0 Å². The molecule has 3 heteroatoms. The van der Waals surface area contributed by atoms with E-state index < -0.39 is 0 Å². The molecule has 0 aromatic heterocycles. The van der Waals surface area contributed by atoms with Gasteiger partial charge in [-0.1, -0.05) is 0 Å². The fraction of sp³-hybridized carbons (Fsp3) is 1.00. The highest BCUT2D eigenvalue weighted by Crippen LogP contribution is 2.37. The van der Waals surface area contributed by atoms with Crippen LogP contribution in [0, 0.1) is 5.92 Å². The maximum atomic E-state index is 5.92. The largest absolute Gasteiger partial charge is 0.378 e. The van der Waals surface area contributed by atoms with Crippen LogP contribution in [0.25, 0.3) is 0 Å². The molecule has 2 heterocycles. The van der Waals surface area contributed by atoms with Crippen molar-refractivity contribution in [2.24, 2.45) is 5.92 Å². The zero-order valence-electron chi connectivity index (χ0n) is 9.76. The lowest BCUT2D eigenvalue weighted by molar-refractivity contribution is -0.0989. The Balaban J connectivity index is 1.76. The lowest BCUT2D eigenvalue weighted by Crippen LogP contribution is -2.40. The van der Waals surface area contributed by atoms with Gasteiger partial charge in [-0.05, 0) is 45.2 Å². The van der Waals surface area contributed by atoms with E-state index in [1.54, 1.807) is 0 Å². The molecule has 2 rings (SSSR count). The van der Waals surface area contributed by atoms with E-state index in [4.69, 9.17) is 9.47 Å². The van der Waals surface area contributed by atoms with E-state index in [0.717, 1.165) is 38.7 Å². The van der Waals surface area contributed by atoms with Gasteiger partial charge in [0.1, 0.15) is 0 Å². The van der Waals surface area contributed by atoms with Gasteiger partial charge in [0.15, 0.2) is 0 Å². The van der Waals surface area contributed by atoms with Gasteiger partial charge in [-0.15, -0.1) is 0 Å². The number of ether oxygens (including phenoxy) is 2. The lowest BCUT2D eigenvalue weighted by atomic mass is 9.83. The Morgan fingerprint density at radius 3 is 3.07 bits per heavy atom. The van der Waals surface area contributed by atoms with E-state index in [9.17, 15) is 0 Å². The molecule has 1 spiro atoms. The molecule has 88 valence electrons. The molecule has 0 saturated carbocycles. The molecule has 3 nitrogen and oxygen atoms in total. The van der Waals surface area contributed by atoms with E-state index in [2.05, 4.69) is 5.32 Å². The minimum absolute atomic E-state index is 0.0998. The fourth-order valence-corrected chi connectivity index (χ4v) is 2.81. The minimum atomic E-state index is 0.0998. The Morgan fingerprint density at radius 2 is 2.33 bits per heavy atom. The topological polar surface area (TPSA) is 30.5 Å². The second-order valence-electron chi connectivity index (χ2n) is 4.94. The Morgan fingerprint density at radius 1 is 1.40 bits per heavy atom. The summed E-state index contributed by atoms with van der Waals surface area (Å²) in [4.78, 5) is 0. The summed E-state index contributed by atoms with van der Waals surface area (Å²) in [6.45, 7) is 3.80. The number of rotatable bonds is 4. The molecule has 2 atom stereocenters. The Kier molecular flexibility index (Phi) is 4.00. The molecule has 15 heavy (non-hydrogen) atoms. The second kappa shape index (κ2) is 5.28. The van der Waals surface area contributed by atoms with Crippen molar-refractivity contribution in [1.82, 2.24) is 5.32 Å². The van der Waals surface area contributed by atoms with Crippen LogP contribution in [0.15, 0.2) is 0 Å². The molecule has 1 N–H and O–H groups in total. The first kappa shape index (κ1) is 11.4. The van der Waals surface area contributed by atoms with Crippen LogP contribution in [0.5, 0.6) is 0 Å². The van der Waals surface area contributed by atoms with E-state index in [-0.39, 0.29) is 5.60 Å². The molecule has 0 bridgehead atoms. The van der Waals surface area contributed by atoms with Crippen molar-refractivity contribution < 1.29 is 9.47 Å². The van der Waals surface area contributed by atoms with E-state index in [1.165, 1.54) is 25.7 Å². The van der Waals surface area contributed by atoms with Crippen molar-refractivity contribution in [3.63, 3.8) is 0 Å². The van der Waals surface area contributed by atoms with Crippen molar-refractivity contribution in [1.29, 1.82) is 0 Å². The summed E-state index contributed by atoms with van der Waals surface area (Å²) in [5, 5.41) is 3.21. The van der Waals surface area contributed by atoms with Gasteiger partial charge in [-0.2, -0.15) is 0 Å². The van der Waals surface area contributed by atoms with Crippen LogP contribution in [-0.2, 0) is 9.47 Å². The molecular formula is C12H23NO2. The van der Waals surface area contributed by atoms with Gasteiger partial charge in [-0.3, -0.25) is 0 Å². The standard InChI is InChI=1S/C12H23NO2/c1-13-6-2-3-11-4-7-15-12(9-11)5-8-14-10-12/h11,13H,2-10H2,1H3. The maximum absolute atomic E-state index is 5.92. The molecule has 0 aromatic carbocycles. The van der Waals surface area contributed by atoms with Gasteiger partial charge >= 0.3 is 0 Å². The first-order valence-electron chi connectivity index (χ1n) is 6.21. The van der Waals surface area contributed by atoms with E-state index in [0.29, 0.717) is 0 Å². The molecule has 0 radical (unpaired) electrons. The zero-order valence-corrected chi connectivity index (χ0v) is 9.76. The molecule has 2 saturated heterocycles. The second-order valence-corrected chi connectivity index (χ2v) is 4.94. The summed E-state index contributed by atoms with van der Waals surface area (Å²) in [6.07, 6.45) is 6.20. The van der Waals surface area contributed by atoms with Crippen LogP contribution < -0.4 is 5.32 Å². The van der Waals surface area contributed by atoms with Crippen LogP contribution in [0.4, 0.5) is 0 Å². The van der Waals surface area contributed by atoms with Crippen LogP contribution in [0.3, 0.4) is 0 Å². The van der Waals surface area contributed by atoms with E-state index >= 15 is 0 Å². The van der Waals surface area contributed by atoms with Gasteiger partial charge in [-0.25, -0.2) is 0 Å². The first-order chi connectivity index (χ1) is 7.35. The van der Waals surface area contributed by atoms with Crippen LogP contribution in [0.1, 0.15) is 32.1 Å². The summed E-state index contributed by atoms with van der Waals surface area (Å²) in [6, 6.07) is 0. The predicted octanol–water partition coefficient (Wildman–Crippen LogP) is 1.57. The predicted molar refractivity (Wildman–Crippen MR) is 60.0 cm³/mol. The number of hydrogen-bond acceptors (Lipinski definition) is 3. The molecule has 2 fully saturated rings. The van der Waals surface area contributed by atoms with Gasteiger partial charge in [0.05, 0.1) is 12.2 Å². The first-order valence-corrected chi connectivity index (χ1v) is 6.21. The highest BCUT2D eigenvalue weighted by molar-refractivity contribution is 4.90. The van der Waals surface area contributed by atoms with Crippen LogP contribution in [-0.4, -0.2) is 39.0 Å². The highest BCUT2D eigenvalue weighted by Gasteiger charge is 2.40. The monoisotopic (exact) mass is 213 g/mol. The average Bonchev–Trinajstić information content (AvgIpc) is 2.67. The zero-order chi connectivity index (χ0) is 10.6. The molecule has 2 aliphatic rings. The van der Waals surface area contributed by atoms with Gasteiger partial charge < -0.3 is 14.8 Å². The smallest absolute Gasteiger partial charge is 0.0939 e. The third kappa shape index (κ3) is 2.92. The fourth-order valence-electron chi connectivity index (χ4n) is 2.81. The molecule has 0 aromatic rings. The van der Waals surface area contributed by atoms with E-state index in [1.807, 2.05) is 7.05 Å². The molecule has 0 amide bonds. The molecule has 0 aliphatic carbocycles. The SMILES string of the molecule is CNCCCC1CCOC2(CCOC2)C1. The minimum Gasteiger partial charge on any atom is -0.378 e. The van der Waals surface area contributed by atoms with Crippen molar-refractivity contribution in [2.45, 2.75) is 37.7 Å². The Hall–Kier alpha value is -0.120. The van der Waals surface area contributed by atoms with Crippen LogP contribution >= 0.6 is 0 Å². The van der Waals surface area contributed by atoms with Gasteiger partial charge in [0, 0.05) is 19.6 Å². The third-order valence-corrected chi connectivity index (χ3v) is 3.70. The normalized spacial score (nSPS) is 36.2. The summed E-state index contributed by atoms with van der Waals surface area (Å²) >= 11 is 0. The quantitative estimate of drug-likeness (QED) is 0.719. The number of nitrogens with one attached hydrogen (secondary N) is 1. The van der Waals surface area contributed by atoms with Gasteiger partial charge in [0.2, 0.25) is 0 Å². The number of hydrogen-bond donors (Lipinski definition) is 1. The van der Waals surface area contributed by atoms with Crippen LogP contribution in [0.2, 0.25) is 0 Å². The Labute approximate surface area is 92.5 Å². The maximum Gasteiger partial charge on any atom is 0.0939 e. The third-order valence-electron chi connectivity index (χ3n) is 3.70. The average molecular weight is 213 g/mol. The molecule has 2 unspecified atom stereocenters. The van der Waals surface area contributed by atoms with Gasteiger partial charge in [0.25, 0.3) is 0 Å². The summed E-state index contributed by atoms with van der Waals surface area (Å²) in [5.41, 5.74) is 0.0998. The molecular weight excluding hydrogens is 190 g/mol. The summed E-state index contributed by atoms with van der Waals surface area (Å²) < 4.78 is 11.4. The molecule has 2 aliphatic heterocycles. The summed E-state index contributed by atoms with van der Waals surface area (Å²) in [7, 11) is 2.02. The van der Waals surface area contributed by atoms with Crippen molar-refractivity contribution in [2.75, 3.05) is 33.4 Å². The van der Waals surface area contributed by atoms with Crippen molar-refractivity contribution in [3.05, 3.63) is 0 Å².